The van der Waals surface area contributed by atoms with E-state index in [4.69, 9.17) is 0 Å². The summed E-state index contributed by atoms with van der Waals surface area (Å²) in [6.07, 6.45) is 2.09. The third-order valence-corrected chi connectivity index (χ3v) is 8.27. The summed E-state index contributed by atoms with van der Waals surface area (Å²) in [4.78, 5) is 13.4. The van der Waals surface area contributed by atoms with Crippen LogP contribution in [-0.4, -0.2) is 28.1 Å². The second kappa shape index (κ2) is 7.03. The Morgan fingerprint density at radius 1 is 1.03 bits per heavy atom. The third-order valence-electron chi connectivity index (χ3n) is 4.89. The molecule has 2 heterocycles. The molecule has 0 unspecified atom stereocenters. The Bertz CT molecular complexity index is 1320. The average molecular weight is 427 g/mol. The molecule has 0 bridgehead atoms. The molecule has 2 aromatic carbocycles. The van der Waals surface area contributed by atoms with Gasteiger partial charge in [0.15, 0.2) is 9.84 Å². The number of rotatable bonds is 4. The first kappa shape index (κ1) is 19.7. The number of aryl methyl sites for hydroxylation is 1. The molecule has 0 radical (unpaired) electrons. The fourth-order valence-electron chi connectivity index (χ4n) is 3.15. The maximum atomic E-state index is 13.2. The van der Waals surface area contributed by atoms with E-state index in [1.807, 2.05) is 36.7 Å². The SMILES string of the molecule is CCc1cc2ncnc(Nc3ccc4scnc4c3)c2cc1S(=O)(=O)C(C)(C)C. The normalized spacial score (nSPS) is 12.6. The Hall–Kier alpha value is -2.58. The molecule has 29 heavy (non-hydrogen) atoms. The third kappa shape index (κ3) is 3.47. The van der Waals surface area contributed by atoms with Gasteiger partial charge in [-0.1, -0.05) is 6.92 Å². The Labute approximate surface area is 174 Å². The zero-order valence-electron chi connectivity index (χ0n) is 16.7. The van der Waals surface area contributed by atoms with Crippen LogP contribution >= 0.6 is 11.3 Å². The topological polar surface area (TPSA) is 84.8 Å². The molecule has 0 atom stereocenters. The van der Waals surface area contributed by atoms with E-state index in [1.165, 1.54) is 6.33 Å². The molecule has 0 saturated carbocycles. The molecule has 4 aromatic rings. The van der Waals surface area contributed by atoms with E-state index >= 15 is 0 Å². The van der Waals surface area contributed by atoms with Crippen molar-refractivity contribution in [1.29, 1.82) is 0 Å². The molecule has 0 saturated heterocycles. The van der Waals surface area contributed by atoms with Crippen molar-refractivity contribution >= 4 is 53.8 Å². The van der Waals surface area contributed by atoms with Gasteiger partial charge in [-0.3, -0.25) is 0 Å². The highest BCUT2D eigenvalue weighted by molar-refractivity contribution is 7.92. The Balaban J connectivity index is 1.88. The molecular weight excluding hydrogens is 404 g/mol. The summed E-state index contributed by atoms with van der Waals surface area (Å²) in [5, 5.41) is 3.97. The first-order valence-electron chi connectivity index (χ1n) is 9.33. The number of nitrogens with zero attached hydrogens (tertiary/aromatic N) is 3. The van der Waals surface area contributed by atoms with E-state index in [0.29, 0.717) is 28.0 Å². The van der Waals surface area contributed by atoms with Crippen molar-refractivity contribution in [3.05, 3.63) is 47.7 Å². The number of benzene rings is 2. The Kier molecular flexibility index (Phi) is 4.78. The lowest BCUT2D eigenvalue weighted by atomic mass is 10.1. The van der Waals surface area contributed by atoms with Gasteiger partial charge in [0, 0.05) is 11.1 Å². The van der Waals surface area contributed by atoms with Crippen molar-refractivity contribution in [3.63, 3.8) is 0 Å². The number of hydrogen-bond donors (Lipinski definition) is 1. The van der Waals surface area contributed by atoms with Gasteiger partial charge < -0.3 is 5.32 Å². The average Bonchev–Trinajstić information content (AvgIpc) is 3.14. The standard InChI is InChI=1S/C21H22N4O2S2/c1-5-13-8-16-15(10-19(13)29(26,27)21(2,3)4)20(23-11-22-16)25-14-6-7-18-17(9-14)24-12-28-18/h6-12H,5H2,1-4H3,(H,22,23,25). The highest BCUT2D eigenvalue weighted by atomic mass is 32.2. The minimum Gasteiger partial charge on any atom is -0.340 e. The summed E-state index contributed by atoms with van der Waals surface area (Å²) in [5.41, 5.74) is 5.03. The van der Waals surface area contributed by atoms with Crippen LogP contribution in [0, 0.1) is 0 Å². The summed E-state index contributed by atoms with van der Waals surface area (Å²) >= 11 is 1.58. The highest BCUT2D eigenvalue weighted by Crippen LogP contribution is 2.33. The van der Waals surface area contributed by atoms with Crippen LogP contribution in [0.1, 0.15) is 33.3 Å². The molecule has 2 aromatic heterocycles. The summed E-state index contributed by atoms with van der Waals surface area (Å²) in [6, 6.07) is 9.47. The van der Waals surface area contributed by atoms with Crippen molar-refractivity contribution < 1.29 is 8.42 Å². The molecule has 0 aliphatic carbocycles. The predicted molar refractivity (Wildman–Crippen MR) is 119 cm³/mol. The van der Waals surface area contributed by atoms with Crippen molar-refractivity contribution in [2.24, 2.45) is 0 Å². The first-order chi connectivity index (χ1) is 13.7. The molecule has 0 aliphatic rings. The molecule has 4 rings (SSSR count). The van der Waals surface area contributed by atoms with Crippen LogP contribution in [0.5, 0.6) is 0 Å². The smallest absolute Gasteiger partial charge is 0.183 e. The summed E-state index contributed by atoms with van der Waals surface area (Å²) in [5.74, 6) is 0.567. The lowest BCUT2D eigenvalue weighted by molar-refractivity contribution is 0.559. The van der Waals surface area contributed by atoms with Gasteiger partial charge in [0.2, 0.25) is 0 Å². The maximum Gasteiger partial charge on any atom is 0.183 e. The molecule has 1 N–H and O–H groups in total. The van der Waals surface area contributed by atoms with Gasteiger partial charge in [-0.05, 0) is 63.1 Å². The molecular formula is C21H22N4O2S2. The van der Waals surface area contributed by atoms with E-state index < -0.39 is 14.6 Å². The number of aromatic nitrogens is 3. The molecule has 0 spiro atoms. The summed E-state index contributed by atoms with van der Waals surface area (Å²) in [7, 11) is -3.51. The van der Waals surface area contributed by atoms with E-state index in [2.05, 4.69) is 20.3 Å². The number of sulfone groups is 1. The Morgan fingerprint density at radius 2 is 1.83 bits per heavy atom. The van der Waals surface area contributed by atoms with Crippen LogP contribution < -0.4 is 5.32 Å². The lowest BCUT2D eigenvalue weighted by Gasteiger charge is -2.22. The van der Waals surface area contributed by atoms with Gasteiger partial charge in [0.25, 0.3) is 0 Å². The molecule has 6 nitrogen and oxygen atoms in total. The number of thiazole rings is 1. The number of nitrogens with one attached hydrogen (secondary N) is 1. The minimum atomic E-state index is -3.51. The predicted octanol–water partition coefficient (Wildman–Crippen LogP) is 5.12. The summed E-state index contributed by atoms with van der Waals surface area (Å²) < 4.78 is 26.6. The highest BCUT2D eigenvalue weighted by Gasteiger charge is 2.33. The van der Waals surface area contributed by atoms with E-state index in [-0.39, 0.29) is 0 Å². The Morgan fingerprint density at radius 3 is 2.55 bits per heavy atom. The van der Waals surface area contributed by atoms with Gasteiger partial charge in [-0.25, -0.2) is 23.4 Å². The van der Waals surface area contributed by atoms with Crippen molar-refractivity contribution in [3.8, 4) is 0 Å². The minimum absolute atomic E-state index is 0.341. The number of anilines is 2. The number of fused-ring (bicyclic) bond motifs is 2. The zero-order chi connectivity index (χ0) is 20.8. The van der Waals surface area contributed by atoms with Crippen LogP contribution in [0.15, 0.2) is 47.1 Å². The first-order valence-corrected chi connectivity index (χ1v) is 11.7. The fourth-order valence-corrected chi connectivity index (χ4v) is 5.29. The van der Waals surface area contributed by atoms with Gasteiger partial charge in [-0.15, -0.1) is 11.3 Å². The van der Waals surface area contributed by atoms with E-state index in [0.717, 1.165) is 21.5 Å². The monoisotopic (exact) mass is 426 g/mol. The molecule has 0 amide bonds. The van der Waals surface area contributed by atoms with Crippen molar-refractivity contribution in [2.75, 3.05) is 5.32 Å². The largest absolute Gasteiger partial charge is 0.340 e. The fraction of sp³-hybridized carbons (Fsp3) is 0.286. The van der Waals surface area contributed by atoms with Gasteiger partial charge >= 0.3 is 0 Å². The van der Waals surface area contributed by atoms with Crippen LogP contribution in [0.2, 0.25) is 0 Å². The lowest BCUT2D eigenvalue weighted by Crippen LogP contribution is -2.28. The van der Waals surface area contributed by atoms with Crippen LogP contribution in [0.4, 0.5) is 11.5 Å². The second-order valence-electron chi connectivity index (χ2n) is 7.83. The van der Waals surface area contributed by atoms with Crippen LogP contribution in [-0.2, 0) is 16.3 Å². The summed E-state index contributed by atoms with van der Waals surface area (Å²) in [6.45, 7) is 7.10. The second-order valence-corrected chi connectivity index (χ2v) is 11.4. The van der Waals surface area contributed by atoms with E-state index in [9.17, 15) is 8.42 Å². The van der Waals surface area contributed by atoms with Crippen LogP contribution in [0.3, 0.4) is 0 Å². The molecule has 150 valence electrons. The van der Waals surface area contributed by atoms with Gasteiger partial charge in [-0.2, -0.15) is 0 Å². The zero-order valence-corrected chi connectivity index (χ0v) is 18.4. The van der Waals surface area contributed by atoms with E-state index in [1.54, 1.807) is 38.2 Å². The molecule has 0 aliphatic heterocycles. The van der Waals surface area contributed by atoms with Crippen molar-refractivity contribution in [2.45, 2.75) is 43.8 Å². The van der Waals surface area contributed by atoms with Gasteiger partial charge in [0.1, 0.15) is 12.1 Å². The molecule has 0 fully saturated rings. The number of hydrogen-bond acceptors (Lipinski definition) is 7. The van der Waals surface area contributed by atoms with Gasteiger partial charge in [0.05, 0.1) is 30.9 Å². The van der Waals surface area contributed by atoms with Crippen molar-refractivity contribution in [1.82, 2.24) is 15.0 Å². The van der Waals surface area contributed by atoms with Crippen LogP contribution in [0.25, 0.3) is 21.1 Å². The molecule has 8 heteroatoms. The maximum absolute atomic E-state index is 13.2. The quantitative estimate of drug-likeness (QED) is 0.488.